The number of ether oxygens (including phenoxy) is 4. The molecule has 0 radical (unpaired) electrons. The van der Waals surface area contributed by atoms with E-state index in [-0.39, 0.29) is 40.5 Å². The van der Waals surface area contributed by atoms with Crippen molar-refractivity contribution in [2.24, 2.45) is 11.7 Å². The molecule has 9 heterocycles. The van der Waals surface area contributed by atoms with Crippen molar-refractivity contribution in [1.29, 1.82) is 0 Å². The van der Waals surface area contributed by atoms with E-state index in [9.17, 15) is 94.2 Å². The Balaban J connectivity index is 0.925. The number of nitrogens with two attached hydrogens (primary N) is 1. The molecule has 0 aliphatic carbocycles. The molecular formula is C78H78Cl2N14O26S. The number of amides is 10. The van der Waals surface area contributed by atoms with Gasteiger partial charge in [0.05, 0.1) is 35.2 Å². The normalized spacial score (nSPS) is 25.2. The minimum absolute atomic E-state index is 0.128. The number of aliphatic carboxylic acids is 2. The Hall–Kier alpha value is -12.7. The van der Waals surface area contributed by atoms with Gasteiger partial charge in [-0.05, 0) is 114 Å². The number of primary amides is 1. The topological polar surface area (TPSA) is 612 Å². The standard InChI is InChI=1S/C78H78Cl2N14O26S/c1-28(2)16-40(82-4)66(104)88-56-60(99)32-11-14-45(38(79)18-32)117-47-20-34-21-48(65(47)120-78-64(103)63(102)62(101)49(119-78)26-93-25-42(91-92-93)68(106)84-52(30-8-6-5-7-9-30)69(107)90-58-74(112)94-59(77(115)116)29(3)27-121-75(58)94)118-46-15-12-33(19-39(46)80)61(100)57-73(111)87-55(76(113)114)37-22-35(95)23-44(97)51(37)36-17-31(10-13-43(36)96)53(70(108)89-57)86-71(109)54(34)85-67(105)41(24-50(81)98)83-72(56)110/h5-15,17-23,25,28,40-41,49,52-58,60-64,75,78,82,95-97,99-103H,16,24,26-27H2,1-4H3,(H2,81,98)(H,83,110)(H,84,106)(H,85,105)(H,86,109)(H,87,111)(H,88,104)(H,89,108)(H,90,107)(H,113,114)(H,115,116)/t40-,41+,49-,52?,53-,54-,55+,56-,57+,58?,60-,61-,62-,63+,64-,75?,78+/m1/s1. The maximum atomic E-state index is 16.1. The first-order valence-electron chi connectivity index (χ1n) is 37.2. The fourth-order valence-corrected chi connectivity index (χ4v) is 16.3. The van der Waals surface area contributed by atoms with Crippen molar-refractivity contribution in [3.8, 4) is 57.1 Å². The molecular weight excluding hydrogens is 1650 g/mol. The van der Waals surface area contributed by atoms with Crippen LogP contribution in [0.4, 0.5) is 0 Å². The summed E-state index contributed by atoms with van der Waals surface area (Å²) in [6.45, 7) is 4.51. The van der Waals surface area contributed by atoms with Gasteiger partial charge in [-0.3, -0.25) is 52.8 Å². The zero-order valence-electron chi connectivity index (χ0n) is 63.7. The highest BCUT2D eigenvalue weighted by atomic mass is 35.5. The van der Waals surface area contributed by atoms with E-state index < -0.39 is 276 Å². The summed E-state index contributed by atoms with van der Waals surface area (Å²) < 4.78 is 26.9. The van der Waals surface area contributed by atoms with Gasteiger partial charge in [0, 0.05) is 28.5 Å². The average molecular weight is 1730 g/mol. The summed E-state index contributed by atoms with van der Waals surface area (Å²) in [5, 5.41) is 144. The lowest BCUT2D eigenvalue weighted by Gasteiger charge is -2.49. The molecule has 0 saturated carbocycles. The lowest BCUT2D eigenvalue weighted by atomic mass is 9.89. The second kappa shape index (κ2) is 35.3. The van der Waals surface area contributed by atoms with Crippen LogP contribution >= 0.6 is 35.0 Å². The van der Waals surface area contributed by atoms with Crippen molar-refractivity contribution in [2.75, 3.05) is 12.8 Å². The van der Waals surface area contributed by atoms with Gasteiger partial charge >= 0.3 is 11.9 Å². The monoisotopic (exact) mass is 1730 g/mol. The van der Waals surface area contributed by atoms with Crippen molar-refractivity contribution in [3.63, 3.8) is 0 Å². The third-order valence-corrected chi connectivity index (χ3v) is 22.7. The van der Waals surface area contributed by atoms with Gasteiger partial charge in [-0.25, -0.2) is 14.3 Å². The molecule has 121 heavy (non-hydrogen) atoms. The van der Waals surface area contributed by atoms with Crippen LogP contribution in [0, 0.1) is 5.92 Å². The van der Waals surface area contributed by atoms with E-state index in [4.69, 9.17) is 47.9 Å². The number of carboxylic acid groups (broad SMARTS) is 2. The van der Waals surface area contributed by atoms with Crippen molar-refractivity contribution in [1.82, 2.24) is 67.7 Å². The number of nitrogens with zero attached hydrogens (tertiary/aromatic N) is 4. The van der Waals surface area contributed by atoms with Gasteiger partial charge in [0.25, 0.3) is 11.8 Å². The van der Waals surface area contributed by atoms with Gasteiger partial charge in [-0.15, -0.1) is 16.9 Å². The summed E-state index contributed by atoms with van der Waals surface area (Å²) in [4.78, 5) is 173. The van der Waals surface area contributed by atoms with Gasteiger partial charge < -0.3 is 124 Å². The zero-order valence-corrected chi connectivity index (χ0v) is 66.1. The maximum absolute atomic E-state index is 16.1. The summed E-state index contributed by atoms with van der Waals surface area (Å²) in [5.74, 6) is -20.5. The number of fused-ring (bicyclic) bond motifs is 16. The van der Waals surface area contributed by atoms with Crippen LogP contribution in [0.2, 0.25) is 10.0 Å². The Morgan fingerprint density at radius 3 is 1.93 bits per heavy atom. The van der Waals surface area contributed by atoms with Crippen LogP contribution in [-0.2, 0) is 64.0 Å². The second-order valence-corrected chi connectivity index (χ2v) is 31.4. The number of aliphatic hydroxyl groups excluding tert-OH is 5. The van der Waals surface area contributed by atoms with E-state index in [1.165, 1.54) is 37.0 Å². The predicted octanol–water partition coefficient (Wildman–Crippen LogP) is 0.398. The Morgan fingerprint density at radius 1 is 0.678 bits per heavy atom. The molecule has 8 aliphatic heterocycles. The van der Waals surface area contributed by atoms with Crippen LogP contribution in [0.3, 0.4) is 0 Å². The molecule has 636 valence electrons. The number of phenols is 3. The Labute approximate surface area is 698 Å². The molecule has 6 aromatic carbocycles. The minimum atomic E-state index is -2.41. The molecule has 40 nitrogen and oxygen atoms in total. The number of rotatable bonds is 18. The van der Waals surface area contributed by atoms with Crippen molar-refractivity contribution in [3.05, 3.63) is 176 Å². The number of halogens is 2. The molecule has 2 saturated heterocycles. The molecule has 43 heteroatoms. The van der Waals surface area contributed by atoms with E-state index in [0.29, 0.717) is 5.57 Å². The van der Waals surface area contributed by atoms with Crippen molar-refractivity contribution in [2.45, 2.75) is 143 Å². The van der Waals surface area contributed by atoms with E-state index in [1.807, 2.05) is 0 Å². The van der Waals surface area contributed by atoms with Crippen LogP contribution < -0.4 is 67.8 Å². The number of aromatic nitrogens is 3. The van der Waals surface area contributed by atoms with E-state index in [1.54, 1.807) is 39.0 Å². The van der Waals surface area contributed by atoms with Crippen LogP contribution in [0.15, 0.2) is 127 Å². The number of β-lactam (4-membered cyclic amide) rings is 1. The third kappa shape index (κ3) is 17.8. The minimum Gasteiger partial charge on any atom is -0.508 e. The molecule has 1 aromatic heterocycles. The Bertz CT molecular complexity index is 5410. The molecule has 7 aromatic rings. The van der Waals surface area contributed by atoms with Crippen LogP contribution in [-0.4, -0.2) is 221 Å². The fraction of sp³-hybridized carbons (Fsp3) is 0.333. The number of phenolic OH excluding ortho intramolecular Hbond substituents is 3. The molecule has 2 fully saturated rings. The lowest BCUT2D eigenvalue weighted by molar-refractivity contribution is -0.275. The highest BCUT2D eigenvalue weighted by molar-refractivity contribution is 8.00. The lowest BCUT2D eigenvalue weighted by Crippen LogP contribution is -2.71. The van der Waals surface area contributed by atoms with Crippen LogP contribution in [0.5, 0.6) is 46.0 Å². The van der Waals surface area contributed by atoms with Crippen LogP contribution in [0.1, 0.15) is 114 Å². The second-order valence-electron chi connectivity index (χ2n) is 29.5. The first-order chi connectivity index (χ1) is 57.5. The quantitative estimate of drug-likeness (QED) is 0.0517. The van der Waals surface area contributed by atoms with E-state index >= 15 is 14.4 Å². The smallest absolute Gasteiger partial charge is 0.352 e. The molecule has 0 spiro atoms. The summed E-state index contributed by atoms with van der Waals surface area (Å²) >= 11 is 15.4. The van der Waals surface area contributed by atoms with Gasteiger partial charge in [-0.2, -0.15) is 0 Å². The number of carbonyl (C=O) groups is 12. The number of hydrogen-bond acceptors (Lipinski definition) is 28. The summed E-state index contributed by atoms with van der Waals surface area (Å²) in [6.07, 6.45) is -14.9. The van der Waals surface area contributed by atoms with E-state index in [2.05, 4.69) is 58.2 Å². The molecule has 15 rings (SSSR count). The molecule has 10 amide bonds. The number of carbonyl (C=O) groups excluding carboxylic acids is 10. The number of carboxylic acids is 2. The maximum Gasteiger partial charge on any atom is 0.352 e. The number of nitrogens with one attached hydrogen (secondary N) is 9. The fourth-order valence-electron chi connectivity index (χ4n) is 14.6. The molecule has 8 aliphatic rings. The number of aromatic hydroxyl groups is 3. The molecule has 3 unspecified atom stereocenters. The number of benzene rings is 6. The van der Waals surface area contributed by atoms with Crippen LogP contribution in [0.25, 0.3) is 11.1 Å². The highest BCUT2D eigenvalue weighted by Crippen LogP contribution is 2.50. The molecule has 17 atom stereocenters. The molecule has 21 N–H and O–H groups in total. The van der Waals surface area contributed by atoms with Gasteiger partial charge in [0.2, 0.25) is 59.3 Å². The van der Waals surface area contributed by atoms with Gasteiger partial charge in [0.15, 0.2) is 23.2 Å². The van der Waals surface area contributed by atoms with Crippen molar-refractivity contribution >= 4 is 106 Å². The Morgan fingerprint density at radius 2 is 1.31 bits per heavy atom. The van der Waals surface area contributed by atoms with Gasteiger partial charge in [-0.1, -0.05) is 90.8 Å². The Kier molecular flexibility index (Phi) is 25.1. The number of hydrogen-bond donors (Lipinski definition) is 20. The summed E-state index contributed by atoms with van der Waals surface area (Å²) in [7, 11) is 1.45. The third-order valence-electron chi connectivity index (χ3n) is 20.7. The first-order valence-corrected chi connectivity index (χ1v) is 39.0. The largest absolute Gasteiger partial charge is 0.508 e. The van der Waals surface area contributed by atoms with Crippen molar-refractivity contribution < 1.29 is 128 Å². The number of thioether (sulfide) groups is 1. The SMILES string of the molecule is CN[C@H](CC(C)C)C(=O)N[C@H]1C(=O)N[C@@H](CC(N)=O)C(=O)N[C@H]2C(=O)N[C@H]3C(=O)N[C@H](C(=O)N[C@H](C(=O)O)c4cc(O)cc(O)c4-c4cc3ccc4O)[C@H](O)c3ccc(c(Cl)c3)Oc3cc2cc(c3O[C@@H]2O[C@H](Cn3cc(C(=O)NC(C(=O)NC4C(=O)N5C(C(=O)O)=C(C)CSC45)c4ccccc4)nn3)[C@@H](O)[C@H](O)[C@H]2O)Oc2ccc(cc2Cl)[C@H]1O. The summed E-state index contributed by atoms with van der Waals surface area (Å²) in [6, 6.07) is 3.63. The number of likely N-dealkylation sites (N-methyl/N-ethyl adjacent to an activating group) is 1. The predicted molar refractivity (Wildman–Crippen MR) is 418 cm³/mol. The summed E-state index contributed by atoms with van der Waals surface area (Å²) in [5.41, 5.74) is 2.64. The zero-order chi connectivity index (χ0) is 87.2. The first kappa shape index (κ1) is 86.1. The van der Waals surface area contributed by atoms with Gasteiger partial charge in [0.1, 0.15) is 119 Å². The molecule has 11 bridgehead atoms. The van der Waals surface area contributed by atoms with E-state index in [0.717, 1.165) is 88.6 Å². The number of aliphatic hydroxyl groups is 5. The average Bonchev–Trinajstić information content (AvgIpc) is 1.01. The highest BCUT2D eigenvalue weighted by Gasteiger charge is 2.55.